The van der Waals surface area contributed by atoms with Gasteiger partial charge in [0.15, 0.2) is 23.0 Å². The van der Waals surface area contributed by atoms with Crippen molar-refractivity contribution >= 4 is 23.6 Å². The van der Waals surface area contributed by atoms with Crippen molar-refractivity contribution in [1.82, 2.24) is 10.9 Å². The Bertz CT molecular complexity index is 888. The van der Waals surface area contributed by atoms with Gasteiger partial charge >= 0.3 is 0 Å². The summed E-state index contributed by atoms with van der Waals surface area (Å²) < 4.78 is 21.4. The van der Waals surface area contributed by atoms with Gasteiger partial charge in [-0.3, -0.25) is 20.4 Å². The minimum atomic E-state index is -0.439. The maximum absolute atomic E-state index is 12.1. The number of benzene rings is 2. The molecule has 2 aromatic rings. The molecule has 0 aliphatic carbocycles. The van der Waals surface area contributed by atoms with Crippen molar-refractivity contribution in [3.8, 4) is 23.0 Å². The van der Waals surface area contributed by atoms with Gasteiger partial charge in [-0.2, -0.15) is 0 Å². The Hall–Kier alpha value is -3.07. The van der Waals surface area contributed by atoms with Gasteiger partial charge < -0.3 is 18.9 Å². The molecule has 8 nitrogen and oxygen atoms in total. The van der Waals surface area contributed by atoms with Crippen LogP contribution in [0.5, 0.6) is 23.0 Å². The molecule has 2 amide bonds. The van der Waals surface area contributed by atoms with Crippen molar-refractivity contribution in [1.29, 1.82) is 0 Å². The van der Waals surface area contributed by atoms with Gasteiger partial charge in [-0.05, 0) is 36.4 Å². The number of rotatable bonds is 4. The normalized spacial score (nSPS) is 13.8. The van der Waals surface area contributed by atoms with Crippen LogP contribution in [-0.2, 0) is 4.79 Å². The van der Waals surface area contributed by atoms with Gasteiger partial charge in [0, 0.05) is 10.5 Å². The summed E-state index contributed by atoms with van der Waals surface area (Å²) in [6, 6.07) is 10.3. The molecule has 2 heterocycles. The van der Waals surface area contributed by atoms with Gasteiger partial charge in [0.2, 0.25) is 12.7 Å². The van der Waals surface area contributed by atoms with E-state index in [1.54, 1.807) is 18.2 Å². The number of hydrogen-bond acceptors (Lipinski definition) is 7. The quantitative estimate of drug-likeness (QED) is 0.608. The van der Waals surface area contributed by atoms with E-state index < -0.39 is 5.91 Å². The van der Waals surface area contributed by atoms with E-state index in [2.05, 4.69) is 10.9 Å². The standard InChI is InChI=1S/C18H16N2O6S/c21-17(9-27-12-2-4-13-16(8-12)24-6-5-23-13)19-20-18(22)11-1-3-14-15(7-11)26-10-25-14/h1-4,7-8H,5-6,9-10H2,(H,19,21)(H,20,22). The number of hydrazine groups is 1. The minimum Gasteiger partial charge on any atom is -0.486 e. The number of carbonyl (C=O) groups is 2. The zero-order valence-corrected chi connectivity index (χ0v) is 15.0. The monoisotopic (exact) mass is 388 g/mol. The first-order chi connectivity index (χ1) is 13.2. The smallest absolute Gasteiger partial charge is 0.269 e. The average molecular weight is 388 g/mol. The lowest BCUT2D eigenvalue weighted by Crippen LogP contribution is -2.42. The van der Waals surface area contributed by atoms with Crippen LogP contribution in [0.3, 0.4) is 0 Å². The molecule has 0 bridgehead atoms. The van der Waals surface area contributed by atoms with Gasteiger partial charge in [0.1, 0.15) is 13.2 Å². The molecule has 4 rings (SSSR count). The van der Waals surface area contributed by atoms with Crippen molar-refractivity contribution in [2.75, 3.05) is 25.8 Å². The van der Waals surface area contributed by atoms with E-state index in [1.807, 2.05) is 18.2 Å². The average Bonchev–Trinajstić information content (AvgIpc) is 3.18. The summed E-state index contributed by atoms with van der Waals surface area (Å²) in [7, 11) is 0. The van der Waals surface area contributed by atoms with E-state index in [-0.39, 0.29) is 18.5 Å². The Morgan fingerprint density at radius 2 is 1.56 bits per heavy atom. The summed E-state index contributed by atoms with van der Waals surface area (Å²) >= 11 is 1.33. The second-order valence-electron chi connectivity index (χ2n) is 5.66. The van der Waals surface area contributed by atoms with Gasteiger partial charge in [-0.1, -0.05) is 0 Å². The van der Waals surface area contributed by atoms with Crippen LogP contribution in [0, 0.1) is 0 Å². The lowest BCUT2D eigenvalue weighted by Gasteiger charge is -2.18. The maximum atomic E-state index is 12.1. The van der Waals surface area contributed by atoms with Crippen LogP contribution >= 0.6 is 11.8 Å². The second-order valence-corrected chi connectivity index (χ2v) is 6.71. The fraction of sp³-hybridized carbons (Fsp3) is 0.222. The van der Waals surface area contributed by atoms with Gasteiger partial charge in [-0.25, -0.2) is 0 Å². The Kier molecular flexibility index (Phi) is 4.93. The molecule has 2 aliphatic rings. The minimum absolute atomic E-state index is 0.133. The number of carbonyl (C=O) groups excluding carboxylic acids is 2. The summed E-state index contributed by atoms with van der Waals surface area (Å²) in [6.45, 7) is 1.17. The van der Waals surface area contributed by atoms with Crippen molar-refractivity contribution in [3.63, 3.8) is 0 Å². The lowest BCUT2D eigenvalue weighted by atomic mass is 10.2. The fourth-order valence-electron chi connectivity index (χ4n) is 2.53. The third-order valence-electron chi connectivity index (χ3n) is 3.83. The van der Waals surface area contributed by atoms with E-state index in [1.165, 1.54) is 11.8 Å². The van der Waals surface area contributed by atoms with E-state index in [9.17, 15) is 9.59 Å². The van der Waals surface area contributed by atoms with E-state index >= 15 is 0 Å². The topological polar surface area (TPSA) is 95.1 Å². The third kappa shape index (κ3) is 4.03. The Balaban J connectivity index is 1.26. The zero-order chi connectivity index (χ0) is 18.6. The maximum Gasteiger partial charge on any atom is 0.269 e. The first-order valence-electron chi connectivity index (χ1n) is 8.20. The second kappa shape index (κ2) is 7.67. The van der Waals surface area contributed by atoms with Crippen molar-refractivity contribution in [2.45, 2.75) is 4.90 Å². The van der Waals surface area contributed by atoms with Crippen LogP contribution in [0.25, 0.3) is 0 Å². The van der Waals surface area contributed by atoms with Crippen LogP contribution in [0.15, 0.2) is 41.3 Å². The highest BCUT2D eigenvalue weighted by atomic mass is 32.2. The molecule has 27 heavy (non-hydrogen) atoms. The van der Waals surface area contributed by atoms with E-state index in [4.69, 9.17) is 18.9 Å². The molecule has 0 atom stereocenters. The van der Waals surface area contributed by atoms with Gasteiger partial charge in [0.05, 0.1) is 5.75 Å². The highest BCUT2D eigenvalue weighted by Crippen LogP contribution is 2.34. The molecule has 140 valence electrons. The molecule has 9 heteroatoms. The molecule has 0 spiro atoms. The SMILES string of the molecule is O=C(CSc1ccc2c(c1)OCCO2)NNC(=O)c1ccc2c(c1)OCO2. The summed E-state index contributed by atoms with van der Waals surface area (Å²) in [6.07, 6.45) is 0. The number of thioether (sulfide) groups is 1. The molecule has 0 saturated carbocycles. The van der Waals surface area contributed by atoms with Crippen molar-refractivity contribution < 1.29 is 28.5 Å². The lowest BCUT2D eigenvalue weighted by molar-refractivity contribution is -0.119. The van der Waals surface area contributed by atoms with Crippen LogP contribution < -0.4 is 29.8 Å². The largest absolute Gasteiger partial charge is 0.486 e. The molecule has 0 saturated heterocycles. The molecular weight excluding hydrogens is 372 g/mol. The highest BCUT2D eigenvalue weighted by Gasteiger charge is 2.17. The molecule has 0 radical (unpaired) electrons. The van der Waals surface area contributed by atoms with Crippen molar-refractivity contribution in [3.05, 3.63) is 42.0 Å². The Labute approximate surface area is 159 Å². The van der Waals surface area contributed by atoms with Crippen LogP contribution in [0.2, 0.25) is 0 Å². The van der Waals surface area contributed by atoms with Gasteiger partial charge in [-0.15, -0.1) is 11.8 Å². The molecular formula is C18H16N2O6S. The first-order valence-corrected chi connectivity index (χ1v) is 9.19. The van der Waals surface area contributed by atoms with E-state index in [0.717, 1.165) is 4.90 Å². The summed E-state index contributed by atoms with van der Waals surface area (Å²) in [5, 5.41) is 0. The number of amides is 2. The first kappa shape index (κ1) is 17.3. The number of ether oxygens (including phenoxy) is 4. The molecule has 2 aromatic carbocycles. The summed E-state index contributed by atoms with van der Waals surface area (Å²) in [4.78, 5) is 25.0. The molecule has 0 unspecified atom stereocenters. The Morgan fingerprint density at radius 3 is 2.44 bits per heavy atom. The van der Waals surface area contributed by atoms with Crippen molar-refractivity contribution in [2.24, 2.45) is 0 Å². The van der Waals surface area contributed by atoms with E-state index in [0.29, 0.717) is 41.8 Å². The molecule has 2 aliphatic heterocycles. The fourth-order valence-corrected chi connectivity index (χ4v) is 3.26. The van der Waals surface area contributed by atoms with Crippen LogP contribution in [0.4, 0.5) is 0 Å². The Morgan fingerprint density at radius 1 is 0.852 bits per heavy atom. The molecule has 0 aromatic heterocycles. The molecule has 0 fully saturated rings. The van der Waals surface area contributed by atoms with Crippen LogP contribution in [-0.4, -0.2) is 37.6 Å². The van der Waals surface area contributed by atoms with Crippen LogP contribution in [0.1, 0.15) is 10.4 Å². The summed E-state index contributed by atoms with van der Waals surface area (Å²) in [5.41, 5.74) is 5.14. The number of hydrogen-bond donors (Lipinski definition) is 2. The predicted octanol–water partition coefficient (Wildman–Crippen LogP) is 1.74. The highest BCUT2D eigenvalue weighted by molar-refractivity contribution is 8.00. The molecule has 2 N–H and O–H groups in total. The third-order valence-corrected chi connectivity index (χ3v) is 4.83. The predicted molar refractivity (Wildman–Crippen MR) is 96.3 cm³/mol. The zero-order valence-electron chi connectivity index (χ0n) is 14.2. The van der Waals surface area contributed by atoms with Gasteiger partial charge in [0.25, 0.3) is 5.91 Å². The number of fused-ring (bicyclic) bond motifs is 2. The summed E-state index contributed by atoms with van der Waals surface area (Å²) in [5.74, 6) is 1.83. The number of nitrogens with one attached hydrogen (secondary N) is 2.